The highest BCUT2D eigenvalue weighted by Crippen LogP contribution is 2.53. The van der Waals surface area contributed by atoms with E-state index in [1.165, 1.54) is 14.0 Å². The summed E-state index contributed by atoms with van der Waals surface area (Å²) in [4.78, 5) is 40.4. The van der Waals surface area contributed by atoms with Crippen molar-refractivity contribution in [2.24, 2.45) is 5.73 Å². The number of methoxy groups -OCH3 is 1. The van der Waals surface area contributed by atoms with Crippen LogP contribution in [-0.2, 0) is 29.2 Å². The van der Waals surface area contributed by atoms with E-state index in [1.54, 1.807) is 54.6 Å². The molecule has 1 spiro atoms. The largest absolute Gasteiger partial charge is 0.460 e. The number of ether oxygens (including phenoxy) is 3. The molecule has 0 fully saturated rings. The average Bonchev–Trinajstić information content (AvgIpc) is 3.04. The number of rotatable bonds is 6. The number of allylic oxidation sites excluding steroid dienone is 1. The van der Waals surface area contributed by atoms with Gasteiger partial charge in [0, 0.05) is 23.9 Å². The van der Waals surface area contributed by atoms with Crippen LogP contribution in [0.25, 0.3) is 0 Å². The van der Waals surface area contributed by atoms with Gasteiger partial charge in [0.2, 0.25) is 0 Å². The predicted molar refractivity (Wildman–Crippen MR) is 115 cm³/mol. The van der Waals surface area contributed by atoms with Crippen molar-refractivity contribution in [1.82, 2.24) is 0 Å². The van der Waals surface area contributed by atoms with Crippen LogP contribution in [0.15, 0.2) is 77.3 Å². The second-order valence-electron chi connectivity index (χ2n) is 7.35. The zero-order valence-electron chi connectivity index (χ0n) is 17.6. The summed E-state index contributed by atoms with van der Waals surface area (Å²) in [6.45, 7) is 1.63. The van der Waals surface area contributed by atoms with Crippen molar-refractivity contribution in [3.8, 4) is 0 Å². The number of esters is 2. The lowest BCUT2D eigenvalue weighted by Crippen LogP contribution is -2.47. The molecule has 8 heteroatoms. The van der Waals surface area contributed by atoms with Gasteiger partial charge >= 0.3 is 11.9 Å². The number of nitrogens with one attached hydrogen (secondary N) is 1. The van der Waals surface area contributed by atoms with Gasteiger partial charge in [-0.05, 0) is 13.0 Å². The summed E-state index contributed by atoms with van der Waals surface area (Å²) < 4.78 is 15.8. The molecule has 0 aromatic heterocycles. The average molecular weight is 434 g/mol. The van der Waals surface area contributed by atoms with E-state index in [1.807, 2.05) is 0 Å². The summed E-state index contributed by atoms with van der Waals surface area (Å²) in [5, 5.41) is 2.95. The second kappa shape index (κ2) is 8.32. The quantitative estimate of drug-likeness (QED) is 0.404. The Bertz CT molecular complexity index is 1170. The highest BCUT2D eigenvalue weighted by molar-refractivity contribution is 6.21. The first-order chi connectivity index (χ1) is 15.4. The second-order valence-corrected chi connectivity index (χ2v) is 7.35. The van der Waals surface area contributed by atoms with Crippen LogP contribution in [0, 0.1) is 0 Å². The Kier molecular flexibility index (Phi) is 5.54. The third kappa shape index (κ3) is 3.16. The lowest BCUT2D eigenvalue weighted by Gasteiger charge is -2.36. The Labute approximate surface area is 184 Å². The molecule has 0 bridgehead atoms. The van der Waals surface area contributed by atoms with Crippen LogP contribution < -0.4 is 11.1 Å². The maximum atomic E-state index is 13.7. The van der Waals surface area contributed by atoms with Crippen LogP contribution in [0.5, 0.6) is 0 Å². The fourth-order valence-corrected chi connectivity index (χ4v) is 4.18. The van der Waals surface area contributed by atoms with Gasteiger partial charge in [-0.3, -0.25) is 4.79 Å². The fraction of sp³-hybridized carbons (Fsp3) is 0.208. The monoisotopic (exact) mass is 434 g/mol. The number of anilines is 1. The molecule has 2 aliphatic rings. The normalized spacial score (nSPS) is 19.5. The molecule has 3 N–H and O–H groups in total. The van der Waals surface area contributed by atoms with Crippen molar-refractivity contribution < 1.29 is 28.6 Å². The van der Waals surface area contributed by atoms with Gasteiger partial charge in [-0.2, -0.15) is 0 Å². The fourth-order valence-electron chi connectivity index (χ4n) is 4.18. The maximum Gasteiger partial charge on any atom is 0.339 e. The van der Waals surface area contributed by atoms with Gasteiger partial charge in [0.15, 0.2) is 11.2 Å². The van der Waals surface area contributed by atoms with Gasteiger partial charge in [-0.25, -0.2) is 9.59 Å². The summed E-state index contributed by atoms with van der Waals surface area (Å²) in [6, 6.07) is 15.3. The van der Waals surface area contributed by atoms with Crippen molar-refractivity contribution in [2.45, 2.75) is 12.3 Å². The minimum absolute atomic E-state index is 0.0318. The molecule has 0 saturated carbocycles. The molecular weight excluding hydrogens is 412 g/mol. The van der Waals surface area contributed by atoms with E-state index in [0.717, 1.165) is 0 Å². The number of fused-ring (bicyclic) bond motifs is 2. The highest BCUT2D eigenvalue weighted by Gasteiger charge is 2.62. The van der Waals surface area contributed by atoms with E-state index in [4.69, 9.17) is 19.9 Å². The number of cyclic esters (lactones) is 1. The van der Waals surface area contributed by atoms with Crippen LogP contribution in [0.4, 0.5) is 5.69 Å². The molecular formula is C24H22N2O6. The van der Waals surface area contributed by atoms with E-state index < -0.39 is 23.1 Å². The molecule has 2 aliphatic heterocycles. The van der Waals surface area contributed by atoms with Gasteiger partial charge in [0.25, 0.3) is 0 Å². The Morgan fingerprint density at radius 2 is 1.72 bits per heavy atom. The summed E-state index contributed by atoms with van der Waals surface area (Å²) in [5.41, 5.74) is 5.46. The van der Waals surface area contributed by atoms with E-state index in [2.05, 4.69) is 5.32 Å². The molecule has 1 unspecified atom stereocenters. The molecule has 2 aromatic rings. The number of para-hydroxylation sites is 1. The minimum atomic E-state index is -1.87. The molecule has 1 atom stereocenters. The lowest BCUT2D eigenvalue weighted by molar-refractivity contribution is -0.146. The van der Waals surface area contributed by atoms with E-state index >= 15 is 0 Å². The summed E-state index contributed by atoms with van der Waals surface area (Å²) >= 11 is 0. The molecule has 0 radical (unpaired) electrons. The minimum Gasteiger partial charge on any atom is -0.460 e. The zero-order valence-corrected chi connectivity index (χ0v) is 17.6. The first-order valence-corrected chi connectivity index (χ1v) is 9.99. The topological polar surface area (TPSA) is 117 Å². The number of ketones is 1. The highest BCUT2D eigenvalue weighted by atomic mass is 16.6. The van der Waals surface area contributed by atoms with Crippen LogP contribution >= 0.6 is 0 Å². The number of hydrogen-bond acceptors (Lipinski definition) is 8. The smallest absolute Gasteiger partial charge is 0.339 e. The van der Waals surface area contributed by atoms with Gasteiger partial charge in [-0.15, -0.1) is 0 Å². The van der Waals surface area contributed by atoms with Gasteiger partial charge in [-0.1, -0.05) is 48.5 Å². The Morgan fingerprint density at radius 3 is 2.44 bits per heavy atom. The molecule has 0 amide bonds. The van der Waals surface area contributed by atoms with Crippen LogP contribution in [0.2, 0.25) is 0 Å². The van der Waals surface area contributed by atoms with Crippen molar-refractivity contribution in [3.63, 3.8) is 0 Å². The molecule has 0 saturated heterocycles. The van der Waals surface area contributed by atoms with E-state index in [-0.39, 0.29) is 35.9 Å². The van der Waals surface area contributed by atoms with Crippen LogP contribution in [0.3, 0.4) is 0 Å². The summed E-state index contributed by atoms with van der Waals surface area (Å²) in [5.74, 6) is -2.05. The lowest BCUT2D eigenvalue weighted by atomic mass is 9.65. The number of hydrogen-bond donors (Lipinski definition) is 2. The van der Waals surface area contributed by atoms with Crippen molar-refractivity contribution in [2.75, 3.05) is 25.6 Å². The predicted octanol–water partition coefficient (Wildman–Crippen LogP) is 2.42. The molecule has 32 heavy (non-hydrogen) atoms. The molecule has 8 nitrogen and oxygen atoms in total. The number of carbonyl (C=O) groups is 3. The van der Waals surface area contributed by atoms with Crippen molar-refractivity contribution in [1.29, 1.82) is 0 Å². The first kappa shape index (κ1) is 21.3. The number of benzene rings is 2. The standard InChI is InChI=1S/C24H22N2O6/c1-14-18(20(27)15-8-4-3-5-9-15)24(23(29)32-14)16-10-6-7-11-17(16)26-21(25)19(24)22(28)31-13-12-30-2/h3-11,26H,12-13,25H2,1-2H3. The summed E-state index contributed by atoms with van der Waals surface area (Å²) in [7, 11) is 1.47. The molecule has 164 valence electrons. The number of carbonyl (C=O) groups excluding carboxylic acids is 3. The number of Topliss-reactive ketones (excluding diaryl/α,β-unsaturated/α-hetero) is 1. The van der Waals surface area contributed by atoms with E-state index in [0.29, 0.717) is 16.8 Å². The third-order valence-electron chi connectivity index (χ3n) is 5.51. The summed E-state index contributed by atoms with van der Waals surface area (Å²) in [6.07, 6.45) is 0. The maximum absolute atomic E-state index is 13.7. The third-order valence-corrected chi connectivity index (χ3v) is 5.51. The molecule has 4 rings (SSSR count). The molecule has 2 aromatic carbocycles. The Morgan fingerprint density at radius 1 is 1.03 bits per heavy atom. The van der Waals surface area contributed by atoms with Crippen molar-refractivity contribution in [3.05, 3.63) is 88.5 Å². The van der Waals surface area contributed by atoms with Gasteiger partial charge in [0.1, 0.15) is 23.8 Å². The van der Waals surface area contributed by atoms with Gasteiger partial charge < -0.3 is 25.3 Å². The van der Waals surface area contributed by atoms with E-state index in [9.17, 15) is 14.4 Å². The Balaban J connectivity index is 1.97. The van der Waals surface area contributed by atoms with Crippen LogP contribution in [0.1, 0.15) is 22.8 Å². The first-order valence-electron chi connectivity index (χ1n) is 9.99. The SMILES string of the molecule is COCCOC(=O)C1=C(N)Nc2ccccc2C12C(=O)OC(C)=C2C(=O)c1ccccc1. The molecule has 0 aliphatic carbocycles. The van der Waals surface area contributed by atoms with Crippen LogP contribution in [-0.4, -0.2) is 38.0 Å². The van der Waals surface area contributed by atoms with Crippen molar-refractivity contribution >= 4 is 23.4 Å². The van der Waals surface area contributed by atoms with Gasteiger partial charge in [0.05, 0.1) is 12.2 Å². The Hall–Kier alpha value is -3.91. The zero-order chi connectivity index (χ0) is 22.9. The number of nitrogens with two attached hydrogens (primary N) is 1. The molecule has 2 heterocycles.